The Hall–Kier alpha value is -5.16. The highest BCUT2D eigenvalue weighted by atomic mass is 35.5. The van der Waals surface area contributed by atoms with Gasteiger partial charge < -0.3 is 27.4 Å². The molecule has 3 aromatic heterocycles. The molecule has 222 valence electrons. The minimum Gasteiger partial charge on any atom is -0.390 e. The van der Waals surface area contributed by atoms with Gasteiger partial charge in [-0.2, -0.15) is 24.2 Å². The molecule has 1 aromatic carbocycles. The zero-order valence-electron chi connectivity index (χ0n) is 22.6. The van der Waals surface area contributed by atoms with E-state index in [1.807, 2.05) is 11.0 Å². The van der Waals surface area contributed by atoms with Gasteiger partial charge in [0, 0.05) is 48.7 Å². The zero-order chi connectivity index (χ0) is 30.7. The van der Waals surface area contributed by atoms with Crippen LogP contribution in [0.1, 0.15) is 25.0 Å². The highest BCUT2D eigenvalue weighted by Gasteiger charge is 2.23. The van der Waals surface area contributed by atoms with Crippen LogP contribution in [0.4, 0.5) is 24.5 Å². The number of halogens is 4. The molecule has 5 rings (SSSR count). The lowest BCUT2D eigenvalue weighted by atomic mass is 10.0. The number of nitrogens with two attached hydrogens (primary N) is 3. The van der Waals surface area contributed by atoms with Crippen molar-refractivity contribution in [3.05, 3.63) is 89.1 Å². The molecule has 1 aliphatic heterocycles. The SMILES string of the molecule is N#C/C(N)=C/C=C(\N)N1CCC(Nc2c(C(N)=Nc3cc(F)ccc3Cl)cnn3cc(-c4cnn(C(F)F)c4)cc23)CC1. The van der Waals surface area contributed by atoms with Gasteiger partial charge in [0.15, 0.2) is 0 Å². The van der Waals surface area contributed by atoms with Crippen LogP contribution in [0.2, 0.25) is 5.02 Å². The van der Waals surface area contributed by atoms with Gasteiger partial charge in [-0.15, -0.1) is 0 Å². The van der Waals surface area contributed by atoms with Crippen molar-refractivity contribution in [2.45, 2.75) is 25.4 Å². The summed E-state index contributed by atoms with van der Waals surface area (Å²) in [6, 6.07) is 7.41. The number of aromatic nitrogens is 4. The Balaban J connectivity index is 1.49. The average molecular weight is 610 g/mol. The van der Waals surface area contributed by atoms with Crippen LogP contribution >= 0.6 is 11.6 Å². The molecule has 1 aliphatic rings. The van der Waals surface area contributed by atoms with Crippen molar-refractivity contribution in [1.82, 2.24) is 24.3 Å². The van der Waals surface area contributed by atoms with E-state index in [0.29, 0.717) is 64.3 Å². The van der Waals surface area contributed by atoms with Gasteiger partial charge in [0.2, 0.25) is 0 Å². The van der Waals surface area contributed by atoms with Crippen molar-refractivity contribution in [3.63, 3.8) is 0 Å². The lowest BCUT2D eigenvalue weighted by molar-refractivity contribution is 0.0566. The van der Waals surface area contributed by atoms with E-state index in [2.05, 4.69) is 20.5 Å². The van der Waals surface area contributed by atoms with Crippen LogP contribution in [0.5, 0.6) is 0 Å². The van der Waals surface area contributed by atoms with Crippen molar-refractivity contribution in [1.29, 1.82) is 5.26 Å². The fourth-order valence-corrected chi connectivity index (χ4v) is 4.88. The standard InChI is InChI=1S/C28H27ClF3N11/c29-22-3-1-18(30)10-23(22)40-27(36)21-13-38-42-14-16(17-12-37-43(15-17)28(31)32)9-24(42)26(21)39-20-5-7-41(8-6-20)25(35)4-2-19(34)11-33/h1-4,9-10,12-15,20,28,39H,5-8,34-35H2,(H2,36,40)/b19-2-,25-4+. The van der Waals surface area contributed by atoms with Crippen LogP contribution in [0, 0.1) is 17.1 Å². The molecule has 0 bridgehead atoms. The summed E-state index contributed by atoms with van der Waals surface area (Å²) in [6.07, 6.45) is 10.3. The lowest BCUT2D eigenvalue weighted by Crippen LogP contribution is -2.40. The van der Waals surface area contributed by atoms with E-state index in [4.69, 9.17) is 34.1 Å². The molecule has 0 spiro atoms. The summed E-state index contributed by atoms with van der Waals surface area (Å²) in [5.74, 6) is 0.0200. The van der Waals surface area contributed by atoms with Crippen LogP contribution in [-0.2, 0) is 0 Å². The molecule has 1 fully saturated rings. The highest BCUT2D eigenvalue weighted by Crippen LogP contribution is 2.32. The molecule has 0 amide bonds. The number of hydrogen-bond acceptors (Lipinski definition) is 8. The van der Waals surface area contributed by atoms with Crippen LogP contribution in [0.25, 0.3) is 16.6 Å². The van der Waals surface area contributed by atoms with E-state index < -0.39 is 12.4 Å². The van der Waals surface area contributed by atoms with Crippen LogP contribution in [0.3, 0.4) is 0 Å². The minimum atomic E-state index is -2.77. The van der Waals surface area contributed by atoms with Crippen molar-refractivity contribution in [3.8, 4) is 17.2 Å². The number of nitrogens with one attached hydrogen (secondary N) is 1. The van der Waals surface area contributed by atoms with Gasteiger partial charge in [0.1, 0.15) is 23.4 Å². The number of hydrogen-bond donors (Lipinski definition) is 4. The predicted octanol–water partition coefficient (Wildman–Crippen LogP) is 4.46. The van der Waals surface area contributed by atoms with Gasteiger partial charge in [-0.3, -0.25) is 0 Å². The number of alkyl halides is 2. The van der Waals surface area contributed by atoms with Crippen LogP contribution in [0.15, 0.2) is 77.7 Å². The Labute approximate surface area is 249 Å². The second-order valence-corrected chi connectivity index (χ2v) is 10.2. The molecule has 0 atom stereocenters. The first-order valence-electron chi connectivity index (χ1n) is 13.1. The van der Waals surface area contributed by atoms with Gasteiger partial charge in [0.25, 0.3) is 0 Å². The Bertz CT molecular complexity index is 1780. The van der Waals surface area contributed by atoms with Crippen LogP contribution < -0.4 is 22.5 Å². The number of nitrogens with zero attached hydrogens (tertiary/aromatic N) is 7. The molecule has 11 nitrogen and oxygen atoms in total. The summed E-state index contributed by atoms with van der Waals surface area (Å²) in [5, 5.41) is 20.8. The van der Waals surface area contributed by atoms with Crippen molar-refractivity contribution in [2.24, 2.45) is 22.2 Å². The van der Waals surface area contributed by atoms with E-state index in [-0.39, 0.29) is 28.3 Å². The molecule has 4 heterocycles. The molecular weight excluding hydrogens is 583 g/mol. The van der Waals surface area contributed by atoms with Gasteiger partial charge in [-0.25, -0.2) is 18.6 Å². The zero-order valence-corrected chi connectivity index (χ0v) is 23.4. The van der Waals surface area contributed by atoms with E-state index in [1.165, 1.54) is 42.9 Å². The van der Waals surface area contributed by atoms with Crippen molar-refractivity contribution in [2.75, 3.05) is 18.4 Å². The molecule has 1 saturated heterocycles. The predicted molar refractivity (Wildman–Crippen MR) is 158 cm³/mol. The summed E-state index contributed by atoms with van der Waals surface area (Å²) >= 11 is 6.23. The van der Waals surface area contributed by atoms with Crippen molar-refractivity contribution < 1.29 is 13.2 Å². The molecule has 0 unspecified atom stereocenters. The van der Waals surface area contributed by atoms with E-state index >= 15 is 0 Å². The lowest BCUT2D eigenvalue weighted by Gasteiger charge is -2.34. The number of anilines is 1. The summed E-state index contributed by atoms with van der Waals surface area (Å²) < 4.78 is 42.4. The summed E-state index contributed by atoms with van der Waals surface area (Å²) in [7, 11) is 0. The van der Waals surface area contributed by atoms with Gasteiger partial charge in [-0.1, -0.05) is 11.6 Å². The molecule has 0 saturated carbocycles. The summed E-state index contributed by atoms with van der Waals surface area (Å²) in [5.41, 5.74) is 21.1. The minimum absolute atomic E-state index is 0.0146. The monoisotopic (exact) mass is 609 g/mol. The highest BCUT2D eigenvalue weighted by molar-refractivity contribution is 6.33. The molecule has 0 radical (unpaired) electrons. The molecule has 4 aromatic rings. The molecule has 15 heteroatoms. The van der Waals surface area contributed by atoms with Gasteiger partial charge >= 0.3 is 6.55 Å². The maximum absolute atomic E-state index is 13.9. The number of piperidine rings is 1. The topological polar surface area (TPSA) is 165 Å². The fourth-order valence-electron chi connectivity index (χ4n) is 4.72. The average Bonchev–Trinajstić information content (AvgIpc) is 3.66. The second kappa shape index (κ2) is 12.4. The van der Waals surface area contributed by atoms with E-state index in [0.717, 1.165) is 0 Å². The maximum atomic E-state index is 13.9. The largest absolute Gasteiger partial charge is 0.390 e. The third-order valence-corrected chi connectivity index (χ3v) is 7.29. The molecule has 0 aliphatic carbocycles. The Morgan fingerprint density at radius 2 is 1.86 bits per heavy atom. The number of benzene rings is 1. The van der Waals surface area contributed by atoms with Crippen molar-refractivity contribution >= 4 is 34.3 Å². The number of allylic oxidation sites excluding steroid dienone is 3. The number of likely N-dealkylation sites (tertiary alicyclic amines) is 1. The second-order valence-electron chi connectivity index (χ2n) is 9.80. The third kappa shape index (κ3) is 6.52. The maximum Gasteiger partial charge on any atom is 0.333 e. The third-order valence-electron chi connectivity index (χ3n) is 6.97. The first kappa shape index (κ1) is 29.3. The first-order valence-corrected chi connectivity index (χ1v) is 13.5. The molecule has 43 heavy (non-hydrogen) atoms. The quantitative estimate of drug-likeness (QED) is 0.0983. The number of rotatable bonds is 8. The number of amidine groups is 1. The van der Waals surface area contributed by atoms with E-state index in [1.54, 1.807) is 22.9 Å². The number of fused-ring (bicyclic) bond motifs is 1. The Morgan fingerprint density at radius 3 is 2.56 bits per heavy atom. The normalized spacial score (nSPS) is 15.3. The molecule has 7 N–H and O–H groups in total. The molecular formula is C28H27ClF3N11. The first-order chi connectivity index (χ1) is 20.6. The summed E-state index contributed by atoms with van der Waals surface area (Å²) in [6.45, 7) is -1.52. The van der Waals surface area contributed by atoms with E-state index in [9.17, 15) is 13.2 Å². The number of aliphatic imine (C=N–C) groups is 1. The van der Waals surface area contributed by atoms with Gasteiger partial charge in [-0.05, 0) is 43.2 Å². The Kier molecular flexibility index (Phi) is 8.44. The van der Waals surface area contributed by atoms with Gasteiger partial charge in [0.05, 0.1) is 45.7 Å². The number of nitriles is 1. The fraction of sp³-hybridized carbons (Fsp3) is 0.214. The smallest absolute Gasteiger partial charge is 0.333 e. The van der Waals surface area contributed by atoms with Crippen LogP contribution in [-0.4, -0.2) is 49.3 Å². The summed E-state index contributed by atoms with van der Waals surface area (Å²) in [4.78, 5) is 6.37. The Morgan fingerprint density at radius 1 is 1.09 bits per heavy atom.